The van der Waals surface area contributed by atoms with Crippen molar-refractivity contribution in [1.29, 1.82) is 0 Å². The number of furan rings is 1. The van der Waals surface area contributed by atoms with Crippen LogP contribution in [-0.2, 0) is 9.59 Å². The number of methoxy groups -OCH3 is 1. The number of amides is 2. The minimum Gasteiger partial charge on any atom is -0.495 e. The third-order valence-corrected chi connectivity index (χ3v) is 3.78. The van der Waals surface area contributed by atoms with Crippen LogP contribution in [0.25, 0.3) is 6.08 Å². The maximum atomic E-state index is 12.8. The van der Waals surface area contributed by atoms with E-state index in [-0.39, 0.29) is 10.7 Å². The fourth-order valence-electron chi connectivity index (χ4n) is 2.34. The number of hydrogen-bond donors (Lipinski definition) is 1. The smallest absolute Gasteiger partial charge is 0.270 e. The Hall–Kier alpha value is -3.19. The maximum Gasteiger partial charge on any atom is 0.270 e. The van der Waals surface area contributed by atoms with Crippen LogP contribution in [0.15, 0.2) is 64.8 Å². The van der Waals surface area contributed by atoms with E-state index in [4.69, 9.17) is 21.4 Å². The molecule has 2 amide bonds. The van der Waals surface area contributed by atoms with Gasteiger partial charge in [0.2, 0.25) is 0 Å². The number of para-hydroxylation sites is 2. The zero-order valence-electron chi connectivity index (χ0n) is 13.3. The summed E-state index contributed by atoms with van der Waals surface area (Å²) in [5.74, 6) is 0.00466. The fraction of sp³-hybridized carbons (Fsp3) is 0.0556. The van der Waals surface area contributed by atoms with Gasteiger partial charge in [0.1, 0.15) is 17.1 Å². The quantitative estimate of drug-likeness (QED) is 0.519. The van der Waals surface area contributed by atoms with Gasteiger partial charge >= 0.3 is 0 Å². The Kier molecular flexibility index (Phi) is 4.76. The predicted octanol–water partition coefficient (Wildman–Crippen LogP) is 2.68. The standard InChI is InChI=1S/C18H14N2O4S/c1-23-15-10-3-2-9-14(15)20-17(22)13(16(21)19-18(20)25)8-4-6-12-7-5-11-24-12/h2-11H,1H3,(H,19,21,25)/b6-4+,13-8-. The molecule has 126 valence electrons. The first-order valence-electron chi connectivity index (χ1n) is 7.36. The van der Waals surface area contributed by atoms with Crippen molar-refractivity contribution in [1.82, 2.24) is 5.32 Å². The van der Waals surface area contributed by atoms with Gasteiger partial charge in [0, 0.05) is 0 Å². The van der Waals surface area contributed by atoms with Crippen LogP contribution in [-0.4, -0.2) is 24.0 Å². The molecule has 1 aliphatic rings. The van der Waals surface area contributed by atoms with Crippen molar-refractivity contribution in [3.8, 4) is 5.75 Å². The molecule has 0 saturated carbocycles. The second kappa shape index (κ2) is 7.14. The zero-order chi connectivity index (χ0) is 17.8. The van der Waals surface area contributed by atoms with E-state index >= 15 is 0 Å². The van der Waals surface area contributed by atoms with Gasteiger partial charge in [-0.25, -0.2) is 4.90 Å². The number of rotatable bonds is 4. The molecule has 1 saturated heterocycles. The third kappa shape index (κ3) is 3.36. The summed E-state index contributed by atoms with van der Waals surface area (Å²) in [6.45, 7) is 0. The summed E-state index contributed by atoms with van der Waals surface area (Å²) in [6, 6.07) is 10.4. The molecule has 7 heteroatoms. The molecule has 3 rings (SSSR count). The Labute approximate surface area is 149 Å². The number of nitrogens with one attached hydrogen (secondary N) is 1. The van der Waals surface area contributed by atoms with Gasteiger partial charge in [-0.1, -0.05) is 18.2 Å². The Bertz CT molecular complexity index is 884. The molecule has 25 heavy (non-hydrogen) atoms. The highest BCUT2D eigenvalue weighted by Gasteiger charge is 2.35. The van der Waals surface area contributed by atoms with Gasteiger partial charge in [-0.15, -0.1) is 0 Å². The molecule has 0 unspecified atom stereocenters. The highest BCUT2D eigenvalue weighted by Crippen LogP contribution is 2.30. The zero-order valence-corrected chi connectivity index (χ0v) is 14.1. The van der Waals surface area contributed by atoms with Gasteiger partial charge in [-0.2, -0.15) is 0 Å². The molecular formula is C18H14N2O4S. The Morgan fingerprint density at radius 3 is 2.72 bits per heavy atom. The summed E-state index contributed by atoms with van der Waals surface area (Å²) < 4.78 is 10.4. The van der Waals surface area contributed by atoms with Crippen LogP contribution in [0.3, 0.4) is 0 Å². The molecule has 0 atom stereocenters. The molecular weight excluding hydrogens is 340 g/mol. The molecule has 0 spiro atoms. The first-order valence-corrected chi connectivity index (χ1v) is 7.77. The van der Waals surface area contributed by atoms with Crippen LogP contribution in [0.2, 0.25) is 0 Å². The Morgan fingerprint density at radius 2 is 2.00 bits per heavy atom. The second-order valence-electron chi connectivity index (χ2n) is 5.03. The van der Waals surface area contributed by atoms with Crippen LogP contribution in [0.5, 0.6) is 5.75 Å². The summed E-state index contributed by atoms with van der Waals surface area (Å²) in [7, 11) is 1.50. The van der Waals surface area contributed by atoms with E-state index in [9.17, 15) is 9.59 Å². The lowest BCUT2D eigenvalue weighted by Crippen LogP contribution is -2.54. The van der Waals surface area contributed by atoms with E-state index < -0.39 is 11.8 Å². The van der Waals surface area contributed by atoms with Crippen molar-refractivity contribution in [2.75, 3.05) is 12.0 Å². The average molecular weight is 354 g/mol. The van der Waals surface area contributed by atoms with Crippen molar-refractivity contribution in [2.45, 2.75) is 0 Å². The summed E-state index contributed by atoms with van der Waals surface area (Å²) in [4.78, 5) is 26.2. The number of thiocarbonyl (C=S) groups is 1. The number of benzene rings is 1. The van der Waals surface area contributed by atoms with E-state index in [2.05, 4.69) is 5.32 Å². The maximum absolute atomic E-state index is 12.8. The van der Waals surface area contributed by atoms with E-state index in [1.807, 2.05) is 0 Å². The van der Waals surface area contributed by atoms with Gasteiger partial charge in [0.15, 0.2) is 5.11 Å². The first kappa shape index (κ1) is 16.7. The van der Waals surface area contributed by atoms with Crippen molar-refractivity contribution in [3.05, 3.63) is 66.1 Å². The molecule has 0 bridgehead atoms. The Balaban J connectivity index is 1.94. The van der Waals surface area contributed by atoms with Gasteiger partial charge < -0.3 is 9.15 Å². The predicted molar refractivity (Wildman–Crippen MR) is 97.0 cm³/mol. The van der Waals surface area contributed by atoms with E-state index in [0.29, 0.717) is 17.2 Å². The molecule has 1 aromatic carbocycles. The fourth-order valence-corrected chi connectivity index (χ4v) is 2.61. The SMILES string of the molecule is COc1ccccc1N1C(=O)/C(=C\C=C\c2ccco2)C(=O)NC1=S. The molecule has 1 aromatic heterocycles. The van der Waals surface area contributed by atoms with E-state index in [1.54, 1.807) is 48.6 Å². The summed E-state index contributed by atoms with van der Waals surface area (Å²) in [5.41, 5.74) is 0.420. The molecule has 1 aliphatic heterocycles. The molecule has 2 aromatic rings. The molecule has 0 radical (unpaired) electrons. The van der Waals surface area contributed by atoms with Gasteiger partial charge in [-0.05, 0) is 48.6 Å². The molecule has 1 N–H and O–H groups in total. The third-order valence-electron chi connectivity index (χ3n) is 3.49. The number of nitrogens with zero attached hydrogens (tertiary/aromatic N) is 1. The number of allylic oxidation sites excluding steroid dienone is 2. The van der Waals surface area contributed by atoms with Crippen molar-refractivity contribution >= 4 is 40.9 Å². The van der Waals surface area contributed by atoms with Gasteiger partial charge in [0.25, 0.3) is 11.8 Å². The minimum absolute atomic E-state index is 0.00617. The van der Waals surface area contributed by atoms with Gasteiger partial charge in [-0.3, -0.25) is 14.9 Å². The van der Waals surface area contributed by atoms with Crippen LogP contribution in [0, 0.1) is 0 Å². The summed E-state index contributed by atoms with van der Waals surface area (Å²) >= 11 is 5.16. The number of ether oxygens (including phenoxy) is 1. The van der Waals surface area contributed by atoms with Gasteiger partial charge in [0.05, 0.1) is 19.1 Å². The largest absolute Gasteiger partial charge is 0.495 e. The highest BCUT2D eigenvalue weighted by molar-refractivity contribution is 7.80. The number of carbonyl (C=O) groups excluding carboxylic acids is 2. The molecule has 1 fully saturated rings. The lowest BCUT2D eigenvalue weighted by atomic mass is 10.1. The monoisotopic (exact) mass is 354 g/mol. The number of carbonyl (C=O) groups is 2. The minimum atomic E-state index is -0.551. The number of anilines is 1. The van der Waals surface area contributed by atoms with Crippen LogP contribution in [0.4, 0.5) is 5.69 Å². The highest BCUT2D eigenvalue weighted by atomic mass is 32.1. The van der Waals surface area contributed by atoms with Crippen LogP contribution < -0.4 is 15.0 Å². The lowest BCUT2D eigenvalue weighted by Gasteiger charge is -2.29. The summed E-state index contributed by atoms with van der Waals surface area (Å²) in [6.07, 6.45) is 6.17. The van der Waals surface area contributed by atoms with Crippen molar-refractivity contribution in [3.63, 3.8) is 0 Å². The van der Waals surface area contributed by atoms with Crippen molar-refractivity contribution in [2.24, 2.45) is 0 Å². The van der Waals surface area contributed by atoms with E-state index in [1.165, 1.54) is 24.3 Å². The summed E-state index contributed by atoms with van der Waals surface area (Å²) in [5, 5.41) is 2.53. The molecule has 0 aliphatic carbocycles. The van der Waals surface area contributed by atoms with Crippen LogP contribution >= 0.6 is 12.2 Å². The topological polar surface area (TPSA) is 71.8 Å². The first-order chi connectivity index (χ1) is 12.1. The average Bonchev–Trinajstić information content (AvgIpc) is 3.11. The normalized spacial score (nSPS) is 16.6. The number of hydrogen-bond acceptors (Lipinski definition) is 5. The Morgan fingerprint density at radius 1 is 1.20 bits per heavy atom. The second-order valence-corrected chi connectivity index (χ2v) is 5.41. The van der Waals surface area contributed by atoms with Crippen molar-refractivity contribution < 1.29 is 18.7 Å². The van der Waals surface area contributed by atoms with E-state index in [0.717, 1.165) is 0 Å². The van der Waals surface area contributed by atoms with Crippen LogP contribution in [0.1, 0.15) is 5.76 Å². The lowest BCUT2D eigenvalue weighted by molar-refractivity contribution is -0.122. The molecule has 2 heterocycles. The molecule has 6 nitrogen and oxygen atoms in total.